The minimum absolute atomic E-state index is 0.0501. The average molecular weight is 310 g/mol. The lowest BCUT2D eigenvalue weighted by molar-refractivity contribution is 0.0986. The second-order valence-corrected chi connectivity index (χ2v) is 6.64. The van der Waals surface area contributed by atoms with Gasteiger partial charge in [0.25, 0.3) is 5.91 Å². The van der Waals surface area contributed by atoms with Crippen molar-refractivity contribution in [3.8, 4) is 0 Å². The zero-order chi connectivity index (χ0) is 16.0. The quantitative estimate of drug-likeness (QED) is 0.875. The highest BCUT2D eigenvalue weighted by Crippen LogP contribution is 2.37. The molecule has 5 heteroatoms. The molecule has 1 amide bonds. The molecule has 120 valence electrons. The van der Waals surface area contributed by atoms with E-state index in [0.29, 0.717) is 5.56 Å². The van der Waals surface area contributed by atoms with Crippen molar-refractivity contribution >= 4 is 17.3 Å². The van der Waals surface area contributed by atoms with E-state index in [9.17, 15) is 4.79 Å². The maximum atomic E-state index is 13.0. The molecule has 1 aromatic heterocycles. The number of nitrogens with zero attached hydrogens (tertiary/aromatic N) is 4. The van der Waals surface area contributed by atoms with Crippen molar-refractivity contribution in [2.24, 2.45) is 13.0 Å². The van der Waals surface area contributed by atoms with E-state index in [1.54, 1.807) is 4.68 Å². The summed E-state index contributed by atoms with van der Waals surface area (Å²) in [5.41, 5.74) is 3.68. The van der Waals surface area contributed by atoms with Crippen LogP contribution in [0.5, 0.6) is 0 Å². The van der Waals surface area contributed by atoms with Crippen LogP contribution in [0.15, 0.2) is 30.5 Å². The molecule has 1 aromatic carbocycles. The van der Waals surface area contributed by atoms with Gasteiger partial charge in [-0.2, -0.15) is 5.10 Å². The van der Waals surface area contributed by atoms with E-state index in [0.717, 1.165) is 36.9 Å². The van der Waals surface area contributed by atoms with Crippen molar-refractivity contribution in [3.63, 3.8) is 0 Å². The first-order valence-corrected chi connectivity index (χ1v) is 8.29. The Hall–Kier alpha value is -2.30. The third-order valence-corrected chi connectivity index (χ3v) is 4.77. The lowest BCUT2D eigenvalue weighted by Crippen LogP contribution is -2.44. The summed E-state index contributed by atoms with van der Waals surface area (Å²) >= 11 is 0. The first-order chi connectivity index (χ1) is 11.1. The van der Waals surface area contributed by atoms with E-state index in [-0.39, 0.29) is 5.91 Å². The number of carbonyl (C=O) groups is 1. The molecule has 0 N–H and O–H groups in total. The molecule has 23 heavy (non-hydrogen) atoms. The number of benzene rings is 1. The maximum absolute atomic E-state index is 13.0. The van der Waals surface area contributed by atoms with Crippen molar-refractivity contribution in [1.29, 1.82) is 0 Å². The summed E-state index contributed by atoms with van der Waals surface area (Å²) in [5.74, 6) is 0.889. The molecule has 2 aromatic rings. The Kier molecular flexibility index (Phi) is 3.36. The topological polar surface area (TPSA) is 41.4 Å². The number of para-hydroxylation sites is 2. The summed E-state index contributed by atoms with van der Waals surface area (Å²) in [6.45, 7) is 4.64. The number of fused-ring (bicyclic) bond motifs is 1. The minimum Gasteiger partial charge on any atom is -0.368 e. The minimum atomic E-state index is 0.0501. The molecule has 0 radical (unpaired) electrons. The second kappa shape index (κ2) is 5.41. The molecule has 1 fully saturated rings. The predicted octanol–water partition coefficient (Wildman–Crippen LogP) is 2.61. The lowest BCUT2D eigenvalue weighted by atomic mass is 10.1. The first kappa shape index (κ1) is 14.3. The molecule has 0 saturated heterocycles. The first-order valence-electron chi connectivity index (χ1n) is 8.29. The Labute approximate surface area is 136 Å². The fraction of sp³-hybridized carbons (Fsp3) is 0.444. The van der Waals surface area contributed by atoms with Crippen molar-refractivity contribution in [3.05, 3.63) is 41.7 Å². The molecule has 5 nitrogen and oxygen atoms in total. The van der Waals surface area contributed by atoms with E-state index in [2.05, 4.69) is 28.2 Å². The predicted molar refractivity (Wildman–Crippen MR) is 91.0 cm³/mol. The third-order valence-electron chi connectivity index (χ3n) is 4.77. The fourth-order valence-corrected chi connectivity index (χ4v) is 3.39. The van der Waals surface area contributed by atoms with Gasteiger partial charge in [-0.25, -0.2) is 0 Å². The Morgan fingerprint density at radius 1 is 1.22 bits per heavy atom. The molecule has 1 aliphatic heterocycles. The van der Waals surface area contributed by atoms with Crippen LogP contribution in [0.1, 0.15) is 28.9 Å². The molecular formula is C18H22N4O. The van der Waals surface area contributed by atoms with Gasteiger partial charge in [0.15, 0.2) is 0 Å². The smallest absolute Gasteiger partial charge is 0.261 e. The van der Waals surface area contributed by atoms with Gasteiger partial charge >= 0.3 is 0 Å². The van der Waals surface area contributed by atoms with E-state index in [4.69, 9.17) is 0 Å². The number of hydrogen-bond donors (Lipinski definition) is 0. The van der Waals surface area contributed by atoms with Crippen molar-refractivity contribution in [1.82, 2.24) is 9.78 Å². The van der Waals surface area contributed by atoms with Crippen LogP contribution in [0.25, 0.3) is 0 Å². The maximum Gasteiger partial charge on any atom is 0.261 e. The highest BCUT2D eigenvalue weighted by atomic mass is 16.2. The third kappa shape index (κ3) is 2.60. The summed E-state index contributed by atoms with van der Waals surface area (Å²) < 4.78 is 1.71. The number of anilines is 2. The van der Waals surface area contributed by atoms with Gasteiger partial charge in [-0.1, -0.05) is 12.1 Å². The molecule has 0 unspecified atom stereocenters. The molecule has 0 atom stereocenters. The molecule has 4 rings (SSSR count). The number of aromatic nitrogens is 2. The van der Waals surface area contributed by atoms with Gasteiger partial charge in [-0.05, 0) is 37.8 Å². The van der Waals surface area contributed by atoms with Crippen LogP contribution in [-0.4, -0.2) is 35.3 Å². The van der Waals surface area contributed by atoms with Crippen molar-refractivity contribution < 1.29 is 4.79 Å². The Morgan fingerprint density at radius 3 is 2.61 bits per heavy atom. The normalized spacial score (nSPS) is 17.3. The molecule has 1 saturated carbocycles. The zero-order valence-electron chi connectivity index (χ0n) is 13.7. The van der Waals surface area contributed by atoms with Gasteiger partial charge in [-0.15, -0.1) is 0 Å². The molecule has 0 bridgehead atoms. The number of carbonyl (C=O) groups excluding carboxylic acids is 1. The van der Waals surface area contributed by atoms with Crippen LogP contribution in [0.4, 0.5) is 11.4 Å². The van der Waals surface area contributed by atoms with E-state index < -0.39 is 0 Å². The number of amides is 1. The van der Waals surface area contributed by atoms with Crippen LogP contribution in [0.2, 0.25) is 0 Å². The largest absolute Gasteiger partial charge is 0.368 e. The summed E-state index contributed by atoms with van der Waals surface area (Å²) in [4.78, 5) is 17.3. The SMILES string of the molecule is Cc1nn(C)cc1C(=O)N1CCN(CC2CC2)c2ccccc21. The van der Waals surface area contributed by atoms with Gasteiger partial charge in [0.1, 0.15) is 0 Å². The molecule has 1 aliphatic carbocycles. The highest BCUT2D eigenvalue weighted by molar-refractivity contribution is 6.08. The average Bonchev–Trinajstić information content (AvgIpc) is 3.30. The summed E-state index contributed by atoms with van der Waals surface area (Å²) in [7, 11) is 1.85. The Bertz CT molecular complexity index is 747. The van der Waals surface area contributed by atoms with E-state index in [1.807, 2.05) is 31.1 Å². The van der Waals surface area contributed by atoms with Gasteiger partial charge in [-0.3, -0.25) is 9.48 Å². The Morgan fingerprint density at radius 2 is 1.96 bits per heavy atom. The van der Waals surface area contributed by atoms with Crippen LogP contribution >= 0.6 is 0 Å². The van der Waals surface area contributed by atoms with E-state index >= 15 is 0 Å². The molecule has 0 spiro atoms. The number of aryl methyl sites for hydroxylation is 2. The number of hydrogen-bond acceptors (Lipinski definition) is 3. The van der Waals surface area contributed by atoms with Gasteiger partial charge in [0.2, 0.25) is 0 Å². The monoisotopic (exact) mass is 310 g/mol. The van der Waals surface area contributed by atoms with Crippen molar-refractivity contribution in [2.75, 3.05) is 29.4 Å². The molecular weight excluding hydrogens is 288 g/mol. The van der Waals surface area contributed by atoms with Crippen LogP contribution < -0.4 is 9.80 Å². The summed E-state index contributed by atoms with van der Waals surface area (Å²) in [5, 5.41) is 4.30. The van der Waals surface area contributed by atoms with E-state index in [1.165, 1.54) is 18.5 Å². The summed E-state index contributed by atoms with van der Waals surface area (Å²) in [6.07, 6.45) is 4.50. The van der Waals surface area contributed by atoms with Gasteiger partial charge in [0.05, 0.1) is 22.6 Å². The lowest BCUT2D eigenvalue weighted by Gasteiger charge is -2.37. The number of rotatable bonds is 3. The van der Waals surface area contributed by atoms with Crippen molar-refractivity contribution in [2.45, 2.75) is 19.8 Å². The van der Waals surface area contributed by atoms with Crippen LogP contribution in [-0.2, 0) is 7.05 Å². The summed E-state index contributed by atoms with van der Waals surface area (Å²) in [6, 6.07) is 8.25. The standard InChI is InChI=1S/C18H22N4O/c1-13-15(12-20(2)19-13)18(23)22-10-9-21(11-14-7-8-14)16-5-3-4-6-17(16)22/h3-6,12,14H,7-11H2,1-2H3. The van der Waals surface area contributed by atoms with Gasteiger partial charge < -0.3 is 9.80 Å². The van der Waals surface area contributed by atoms with Gasteiger partial charge in [0, 0.05) is 32.9 Å². The van der Waals surface area contributed by atoms with Crippen LogP contribution in [0, 0.1) is 12.8 Å². The van der Waals surface area contributed by atoms with Crippen LogP contribution in [0.3, 0.4) is 0 Å². The highest BCUT2D eigenvalue weighted by Gasteiger charge is 2.31. The zero-order valence-corrected chi connectivity index (χ0v) is 13.7. The second-order valence-electron chi connectivity index (χ2n) is 6.64. The molecule has 2 aliphatic rings. The molecule has 2 heterocycles. The Balaban J connectivity index is 1.66. The fourth-order valence-electron chi connectivity index (χ4n) is 3.39.